The van der Waals surface area contributed by atoms with Crippen molar-refractivity contribution < 1.29 is 14.2 Å². The third-order valence-electron chi connectivity index (χ3n) is 2.85. The summed E-state index contributed by atoms with van der Waals surface area (Å²) < 4.78 is 16.3. The fourth-order valence-electron chi connectivity index (χ4n) is 1.90. The maximum Gasteiger partial charge on any atom is 0.137 e. The van der Waals surface area contributed by atoms with E-state index in [0.717, 1.165) is 24.3 Å². The van der Waals surface area contributed by atoms with E-state index in [9.17, 15) is 0 Å². The summed E-state index contributed by atoms with van der Waals surface area (Å²) in [5.74, 6) is 0.825. The normalized spacial score (nSPS) is 24.6. The minimum atomic E-state index is -0.0541. The Labute approximate surface area is 102 Å². The van der Waals surface area contributed by atoms with Gasteiger partial charge in [0.25, 0.3) is 0 Å². The predicted octanol–water partition coefficient (Wildman–Crippen LogP) is 1.33. The topological polar surface area (TPSA) is 53.7 Å². The van der Waals surface area contributed by atoms with Gasteiger partial charge in [-0.1, -0.05) is 12.1 Å². The molecule has 1 aromatic rings. The van der Waals surface area contributed by atoms with Crippen LogP contribution >= 0.6 is 0 Å². The van der Waals surface area contributed by atoms with Gasteiger partial charge in [-0.2, -0.15) is 0 Å². The fourth-order valence-corrected chi connectivity index (χ4v) is 1.90. The van der Waals surface area contributed by atoms with Crippen molar-refractivity contribution in [2.75, 3.05) is 20.3 Å². The van der Waals surface area contributed by atoms with Gasteiger partial charge in [0.05, 0.1) is 13.2 Å². The average Bonchev–Trinajstić information content (AvgIpc) is 2.33. The molecule has 0 radical (unpaired) electrons. The van der Waals surface area contributed by atoms with Gasteiger partial charge in [-0.15, -0.1) is 0 Å². The van der Waals surface area contributed by atoms with E-state index in [4.69, 9.17) is 19.9 Å². The SMILES string of the molecule is COCc1cccc(OC2COCCC2N)c1. The Balaban J connectivity index is 1.99. The highest BCUT2D eigenvalue weighted by Crippen LogP contribution is 2.18. The maximum atomic E-state index is 5.99. The molecule has 17 heavy (non-hydrogen) atoms. The van der Waals surface area contributed by atoms with Crippen molar-refractivity contribution in [2.45, 2.75) is 25.2 Å². The van der Waals surface area contributed by atoms with Gasteiger partial charge >= 0.3 is 0 Å². The molecule has 0 aliphatic carbocycles. The van der Waals surface area contributed by atoms with Crippen LogP contribution in [0.3, 0.4) is 0 Å². The van der Waals surface area contributed by atoms with E-state index in [1.165, 1.54) is 0 Å². The monoisotopic (exact) mass is 237 g/mol. The third-order valence-corrected chi connectivity index (χ3v) is 2.85. The van der Waals surface area contributed by atoms with Crippen molar-refractivity contribution in [2.24, 2.45) is 5.73 Å². The molecule has 0 bridgehead atoms. The number of hydrogen-bond donors (Lipinski definition) is 1. The van der Waals surface area contributed by atoms with Crippen LogP contribution in [0.1, 0.15) is 12.0 Å². The molecule has 1 aromatic carbocycles. The quantitative estimate of drug-likeness (QED) is 0.858. The van der Waals surface area contributed by atoms with Gasteiger partial charge in [0.1, 0.15) is 11.9 Å². The van der Waals surface area contributed by atoms with Crippen LogP contribution in [0.4, 0.5) is 0 Å². The van der Waals surface area contributed by atoms with Gasteiger partial charge in [0, 0.05) is 19.8 Å². The van der Waals surface area contributed by atoms with E-state index in [-0.39, 0.29) is 12.1 Å². The lowest BCUT2D eigenvalue weighted by Crippen LogP contribution is -2.46. The second-order valence-electron chi connectivity index (χ2n) is 4.26. The molecule has 4 nitrogen and oxygen atoms in total. The third kappa shape index (κ3) is 3.43. The summed E-state index contributed by atoms with van der Waals surface area (Å²) in [5, 5.41) is 0. The summed E-state index contributed by atoms with van der Waals surface area (Å²) in [5.41, 5.74) is 7.09. The molecule has 94 valence electrons. The molecule has 1 heterocycles. The van der Waals surface area contributed by atoms with Crippen LogP contribution in [0, 0.1) is 0 Å². The van der Waals surface area contributed by atoms with Gasteiger partial charge in [-0.25, -0.2) is 0 Å². The number of hydrogen-bond acceptors (Lipinski definition) is 4. The number of benzene rings is 1. The first-order valence-corrected chi connectivity index (χ1v) is 5.87. The Morgan fingerprint density at radius 3 is 3.12 bits per heavy atom. The van der Waals surface area contributed by atoms with Crippen LogP contribution in [-0.4, -0.2) is 32.5 Å². The molecular weight excluding hydrogens is 218 g/mol. The van der Waals surface area contributed by atoms with Crippen LogP contribution in [0.15, 0.2) is 24.3 Å². The van der Waals surface area contributed by atoms with E-state index >= 15 is 0 Å². The summed E-state index contributed by atoms with van der Waals surface area (Å²) in [6.45, 7) is 1.88. The molecule has 2 rings (SSSR count). The zero-order chi connectivity index (χ0) is 12.1. The van der Waals surface area contributed by atoms with Crippen LogP contribution < -0.4 is 10.5 Å². The Bertz CT molecular complexity index is 356. The Morgan fingerprint density at radius 1 is 1.47 bits per heavy atom. The molecule has 2 atom stereocenters. The predicted molar refractivity (Wildman–Crippen MR) is 65.0 cm³/mol. The first-order valence-electron chi connectivity index (χ1n) is 5.87. The van der Waals surface area contributed by atoms with E-state index in [1.807, 2.05) is 24.3 Å². The van der Waals surface area contributed by atoms with Crippen molar-refractivity contribution in [1.29, 1.82) is 0 Å². The number of rotatable bonds is 4. The zero-order valence-electron chi connectivity index (χ0n) is 10.1. The first kappa shape index (κ1) is 12.4. The van der Waals surface area contributed by atoms with Crippen LogP contribution in [-0.2, 0) is 16.1 Å². The second-order valence-corrected chi connectivity index (χ2v) is 4.26. The molecule has 1 saturated heterocycles. The van der Waals surface area contributed by atoms with Crippen molar-refractivity contribution in [3.63, 3.8) is 0 Å². The van der Waals surface area contributed by atoms with E-state index in [2.05, 4.69) is 0 Å². The molecule has 2 unspecified atom stereocenters. The van der Waals surface area contributed by atoms with Crippen LogP contribution in [0.5, 0.6) is 5.75 Å². The van der Waals surface area contributed by atoms with Gasteiger partial charge in [0.2, 0.25) is 0 Å². The summed E-state index contributed by atoms with van der Waals surface area (Å²) in [6.07, 6.45) is 0.796. The van der Waals surface area contributed by atoms with Crippen LogP contribution in [0.25, 0.3) is 0 Å². The van der Waals surface area contributed by atoms with Crippen LogP contribution in [0.2, 0.25) is 0 Å². The smallest absolute Gasteiger partial charge is 0.137 e. The second kappa shape index (κ2) is 6.00. The minimum absolute atomic E-state index is 0.0508. The van der Waals surface area contributed by atoms with Crippen molar-refractivity contribution in [1.82, 2.24) is 0 Å². The Kier molecular flexibility index (Phi) is 4.36. The van der Waals surface area contributed by atoms with E-state index in [1.54, 1.807) is 7.11 Å². The Morgan fingerprint density at radius 2 is 2.35 bits per heavy atom. The van der Waals surface area contributed by atoms with Gasteiger partial charge in [0.15, 0.2) is 0 Å². The Hall–Kier alpha value is -1.10. The molecule has 2 N–H and O–H groups in total. The molecule has 1 fully saturated rings. The molecule has 4 heteroatoms. The first-order chi connectivity index (χ1) is 8.29. The molecular formula is C13H19NO3. The fraction of sp³-hybridized carbons (Fsp3) is 0.538. The number of methoxy groups -OCH3 is 1. The largest absolute Gasteiger partial charge is 0.486 e. The van der Waals surface area contributed by atoms with E-state index < -0.39 is 0 Å². The standard InChI is InChI=1S/C13H19NO3/c1-15-8-10-3-2-4-11(7-10)17-13-9-16-6-5-12(13)14/h2-4,7,12-13H,5-6,8-9,14H2,1H3. The highest BCUT2D eigenvalue weighted by molar-refractivity contribution is 5.28. The molecule has 0 saturated carbocycles. The lowest BCUT2D eigenvalue weighted by molar-refractivity contribution is -0.00538. The molecule has 0 amide bonds. The van der Waals surface area contributed by atoms with Crippen molar-refractivity contribution >= 4 is 0 Å². The van der Waals surface area contributed by atoms with Gasteiger partial charge < -0.3 is 19.9 Å². The maximum absolute atomic E-state index is 5.99. The minimum Gasteiger partial charge on any atom is -0.486 e. The average molecular weight is 237 g/mol. The number of ether oxygens (including phenoxy) is 3. The highest BCUT2D eigenvalue weighted by Gasteiger charge is 2.24. The molecule has 0 aromatic heterocycles. The summed E-state index contributed by atoms with van der Waals surface area (Å²) in [6, 6.07) is 7.92. The number of nitrogens with two attached hydrogens (primary N) is 1. The lowest BCUT2D eigenvalue weighted by atomic mass is 10.1. The summed E-state index contributed by atoms with van der Waals surface area (Å²) in [4.78, 5) is 0. The van der Waals surface area contributed by atoms with E-state index in [0.29, 0.717) is 13.2 Å². The lowest BCUT2D eigenvalue weighted by Gasteiger charge is -2.29. The molecule has 1 aliphatic rings. The van der Waals surface area contributed by atoms with Crippen molar-refractivity contribution in [3.05, 3.63) is 29.8 Å². The highest BCUT2D eigenvalue weighted by atomic mass is 16.5. The molecule has 1 aliphatic heterocycles. The summed E-state index contributed by atoms with van der Waals surface area (Å²) >= 11 is 0. The van der Waals surface area contributed by atoms with Gasteiger partial charge in [-0.3, -0.25) is 0 Å². The van der Waals surface area contributed by atoms with Gasteiger partial charge in [-0.05, 0) is 24.1 Å². The summed E-state index contributed by atoms with van der Waals surface area (Å²) in [7, 11) is 1.68. The molecule has 0 spiro atoms. The van der Waals surface area contributed by atoms with Crippen molar-refractivity contribution in [3.8, 4) is 5.75 Å². The zero-order valence-corrected chi connectivity index (χ0v) is 10.1.